The van der Waals surface area contributed by atoms with Crippen LogP contribution in [0.25, 0.3) is 0 Å². The van der Waals surface area contributed by atoms with Gasteiger partial charge in [-0.2, -0.15) is 0 Å². The molecule has 2 nitrogen and oxygen atoms in total. The third-order valence-corrected chi connectivity index (χ3v) is 2.91. The summed E-state index contributed by atoms with van der Waals surface area (Å²) in [6, 6.07) is 1.81. The highest BCUT2D eigenvalue weighted by atomic mass is 79.9. The molecule has 0 saturated heterocycles. The molecule has 12 heavy (non-hydrogen) atoms. The predicted octanol–water partition coefficient (Wildman–Crippen LogP) is 3.04. The summed E-state index contributed by atoms with van der Waals surface area (Å²) in [5.74, 6) is 0.789. The van der Waals surface area contributed by atoms with Crippen molar-refractivity contribution in [3.05, 3.63) is 21.9 Å². The fraction of sp³-hybridized carbons (Fsp3) is 0.375. The van der Waals surface area contributed by atoms with Gasteiger partial charge in [0.1, 0.15) is 10.9 Å². The van der Waals surface area contributed by atoms with E-state index in [4.69, 9.17) is 16.3 Å². The molecule has 1 heterocycles. The summed E-state index contributed by atoms with van der Waals surface area (Å²) < 4.78 is 6.31. The molecule has 0 aromatic carbocycles. The number of hydrogen-bond acceptors (Lipinski definition) is 2. The summed E-state index contributed by atoms with van der Waals surface area (Å²) in [5.41, 5.74) is 0. The zero-order valence-corrected chi connectivity index (χ0v) is 8.60. The van der Waals surface area contributed by atoms with Gasteiger partial charge in [0.05, 0.1) is 10.6 Å². The lowest BCUT2D eigenvalue weighted by Gasteiger charge is -2.06. The van der Waals surface area contributed by atoms with Crippen molar-refractivity contribution in [1.82, 2.24) is 4.98 Å². The number of pyridine rings is 1. The zero-order chi connectivity index (χ0) is 8.55. The summed E-state index contributed by atoms with van der Waals surface area (Å²) in [5, 5.41) is 0.452. The summed E-state index contributed by atoms with van der Waals surface area (Å²) in [7, 11) is 0. The molecule has 0 radical (unpaired) electrons. The van der Waals surface area contributed by atoms with Crippen LogP contribution in [0.3, 0.4) is 0 Å². The number of hydrogen-bond donors (Lipinski definition) is 0. The molecule has 0 bridgehead atoms. The maximum atomic E-state index is 5.78. The minimum absolute atomic E-state index is 0.389. The molecule has 0 unspecified atom stereocenters. The second-order valence-corrected chi connectivity index (χ2v) is 3.88. The summed E-state index contributed by atoms with van der Waals surface area (Å²) in [6.07, 6.45) is 4.32. The van der Waals surface area contributed by atoms with Crippen molar-refractivity contribution in [2.45, 2.75) is 18.9 Å². The summed E-state index contributed by atoms with van der Waals surface area (Å²) >= 11 is 9.10. The van der Waals surface area contributed by atoms with Gasteiger partial charge in [-0.3, -0.25) is 0 Å². The van der Waals surface area contributed by atoms with Crippen molar-refractivity contribution < 1.29 is 4.74 Å². The monoisotopic (exact) mass is 247 g/mol. The molecule has 1 aromatic rings. The third kappa shape index (κ3) is 1.72. The van der Waals surface area contributed by atoms with Gasteiger partial charge in [-0.15, -0.1) is 0 Å². The Morgan fingerprint density at radius 1 is 1.58 bits per heavy atom. The van der Waals surface area contributed by atoms with Crippen LogP contribution < -0.4 is 4.74 Å². The molecule has 1 fully saturated rings. The van der Waals surface area contributed by atoms with Crippen LogP contribution in [0.2, 0.25) is 5.15 Å². The van der Waals surface area contributed by atoms with Gasteiger partial charge in [0.15, 0.2) is 0 Å². The van der Waals surface area contributed by atoms with Crippen molar-refractivity contribution in [3.8, 4) is 5.75 Å². The van der Waals surface area contributed by atoms with Crippen LogP contribution in [0.4, 0.5) is 0 Å². The Bertz CT molecular complexity index is 301. The third-order valence-electron chi connectivity index (χ3n) is 1.63. The van der Waals surface area contributed by atoms with E-state index in [2.05, 4.69) is 20.9 Å². The zero-order valence-electron chi connectivity index (χ0n) is 6.26. The quantitative estimate of drug-likeness (QED) is 0.751. The molecular formula is C8H7BrClNO. The molecule has 2 rings (SSSR count). The van der Waals surface area contributed by atoms with Crippen LogP contribution in [0.5, 0.6) is 5.75 Å². The fourth-order valence-electron chi connectivity index (χ4n) is 0.858. The van der Waals surface area contributed by atoms with Gasteiger partial charge in [0.2, 0.25) is 0 Å². The van der Waals surface area contributed by atoms with Crippen molar-refractivity contribution in [3.63, 3.8) is 0 Å². The first-order valence-corrected chi connectivity index (χ1v) is 4.91. The molecule has 0 atom stereocenters. The van der Waals surface area contributed by atoms with Crippen LogP contribution in [0.15, 0.2) is 16.7 Å². The topological polar surface area (TPSA) is 22.1 Å². The molecule has 0 aliphatic heterocycles. The number of rotatable bonds is 2. The molecule has 0 amide bonds. The van der Waals surface area contributed by atoms with E-state index < -0.39 is 0 Å². The van der Waals surface area contributed by atoms with Gasteiger partial charge < -0.3 is 4.74 Å². The lowest BCUT2D eigenvalue weighted by Crippen LogP contribution is -1.97. The molecule has 64 valence electrons. The average Bonchev–Trinajstić information content (AvgIpc) is 2.83. The normalized spacial score (nSPS) is 16.2. The Kier molecular flexibility index (Phi) is 2.24. The maximum Gasteiger partial charge on any atom is 0.146 e. The van der Waals surface area contributed by atoms with E-state index in [1.54, 1.807) is 6.20 Å². The van der Waals surface area contributed by atoms with E-state index in [-0.39, 0.29) is 0 Å². The lowest BCUT2D eigenvalue weighted by atomic mass is 10.4. The van der Waals surface area contributed by atoms with E-state index in [0.29, 0.717) is 11.3 Å². The van der Waals surface area contributed by atoms with Gasteiger partial charge in [0.25, 0.3) is 0 Å². The summed E-state index contributed by atoms with van der Waals surface area (Å²) in [6.45, 7) is 0. The highest BCUT2D eigenvalue weighted by Crippen LogP contribution is 2.34. The van der Waals surface area contributed by atoms with Crippen molar-refractivity contribution in [2.24, 2.45) is 0 Å². The second-order valence-electron chi connectivity index (χ2n) is 2.73. The smallest absolute Gasteiger partial charge is 0.146 e. The van der Waals surface area contributed by atoms with Gasteiger partial charge in [0, 0.05) is 6.20 Å². The SMILES string of the molecule is Clc1nccc(OC2CC2)c1Br. The van der Waals surface area contributed by atoms with E-state index in [9.17, 15) is 0 Å². The van der Waals surface area contributed by atoms with Crippen LogP contribution in [-0.4, -0.2) is 11.1 Å². The first kappa shape index (κ1) is 8.32. The van der Waals surface area contributed by atoms with Crippen molar-refractivity contribution in [2.75, 3.05) is 0 Å². The Balaban J connectivity index is 2.23. The molecule has 1 aliphatic rings. The summed E-state index contributed by atoms with van der Waals surface area (Å²) in [4.78, 5) is 3.91. The molecular weight excluding hydrogens is 241 g/mol. The van der Waals surface area contributed by atoms with E-state index in [1.807, 2.05) is 6.07 Å². The van der Waals surface area contributed by atoms with E-state index in [0.717, 1.165) is 23.1 Å². The largest absolute Gasteiger partial charge is 0.489 e. The maximum absolute atomic E-state index is 5.78. The van der Waals surface area contributed by atoms with Crippen LogP contribution in [0, 0.1) is 0 Å². The molecule has 1 saturated carbocycles. The van der Waals surface area contributed by atoms with Crippen LogP contribution >= 0.6 is 27.5 Å². The molecule has 1 aliphatic carbocycles. The standard InChI is InChI=1S/C8H7BrClNO/c9-7-6(12-5-1-2-5)3-4-11-8(7)10/h3-5H,1-2H2. The van der Waals surface area contributed by atoms with Gasteiger partial charge in [-0.1, -0.05) is 11.6 Å². The second kappa shape index (κ2) is 3.23. The first-order valence-electron chi connectivity index (χ1n) is 3.74. The number of ether oxygens (including phenoxy) is 1. The highest BCUT2D eigenvalue weighted by Gasteiger charge is 2.24. The Labute approximate surface area is 84.0 Å². The van der Waals surface area contributed by atoms with Crippen molar-refractivity contribution >= 4 is 27.5 Å². The lowest BCUT2D eigenvalue weighted by molar-refractivity contribution is 0.301. The number of halogens is 2. The molecule has 1 aromatic heterocycles. The van der Waals surface area contributed by atoms with Crippen LogP contribution in [0.1, 0.15) is 12.8 Å². The minimum Gasteiger partial charge on any atom is -0.489 e. The predicted molar refractivity (Wildman–Crippen MR) is 50.6 cm³/mol. The average molecular weight is 249 g/mol. The molecule has 0 spiro atoms. The van der Waals surface area contributed by atoms with Crippen LogP contribution in [-0.2, 0) is 0 Å². The van der Waals surface area contributed by atoms with Gasteiger partial charge in [-0.25, -0.2) is 4.98 Å². The van der Waals surface area contributed by atoms with E-state index >= 15 is 0 Å². The van der Waals surface area contributed by atoms with Gasteiger partial charge >= 0.3 is 0 Å². The number of aromatic nitrogens is 1. The Morgan fingerprint density at radius 3 is 3.00 bits per heavy atom. The molecule has 0 N–H and O–H groups in total. The minimum atomic E-state index is 0.389. The highest BCUT2D eigenvalue weighted by molar-refractivity contribution is 9.10. The first-order chi connectivity index (χ1) is 5.77. The van der Waals surface area contributed by atoms with E-state index in [1.165, 1.54) is 0 Å². The Hall–Kier alpha value is -0.280. The Morgan fingerprint density at radius 2 is 2.33 bits per heavy atom. The number of nitrogens with zero attached hydrogens (tertiary/aromatic N) is 1. The van der Waals surface area contributed by atoms with Gasteiger partial charge in [-0.05, 0) is 34.8 Å². The van der Waals surface area contributed by atoms with Crippen molar-refractivity contribution in [1.29, 1.82) is 0 Å². The molecule has 4 heteroatoms. The fourth-order valence-corrected chi connectivity index (χ4v) is 1.34.